The predicted octanol–water partition coefficient (Wildman–Crippen LogP) is 3.08. The molecule has 25 heavy (non-hydrogen) atoms. The van der Waals surface area contributed by atoms with E-state index in [0.29, 0.717) is 12.1 Å². The van der Waals surface area contributed by atoms with Gasteiger partial charge in [-0.15, -0.1) is 0 Å². The van der Waals surface area contributed by atoms with Crippen LogP contribution in [0.5, 0.6) is 0 Å². The van der Waals surface area contributed by atoms with Crippen molar-refractivity contribution in [2.45, 2.75) is 0 Å². The van der Waals surface area contributed by atoms with Crippen LogP contribution < -0.4 is 0 Å². The molecular weight excluding hydrogens is 359 g/mol. The number of rotatable bonds is 2. The number of halogens is 4. The Labute approximate surface area is 143 Å². The number of hydrogen-bond donors (Lipinski definition) is 0. The lowest BCUT2D eigenvalue weighted by atomic mass is 10.1. The SMILES string of the molecule is Fc1cc(F)c(-c2c(Cl)nc3ncnn3c2[N+]2=CC=CCO2)cc1F. The van der Waals surface area contributed by atoms with Gasteiger partial charge in [0.1, 0.15) is 17.6 Å². The molecule has 0 saturated carbocycles. The van der Waals surface area contributed by atoms with Crippen molar-refractivity contribution in [2.75, 3.05) is 6.61 Å². The summed E-state index contributed by atoms with van der Waals surface area (Å²) in [4.78, 5) is 13.4. The lowest BCUT2D eigenvalue weighted by Crippen LogP contribution is -2.17. The van der Waals surface area contributed by atoms with Crippen LogP contribution in [0.15, 0.2) is 30.6 Å². The van der Waals surface area contributed by atoms with Crippen molar-refractivity contribution in [2.24, 2.45) is 0 Å². The zero-order valence-electron chi connectivity index (χ0n) is 12.3. The highest BCUT2D eigenvalue weighted by Crippen LogP contribution is 2.37. The average Bonchev–Trinajstić information content (AvgIpc) is 3.06. The first-order valence-electron chi connectivity index (χ1n) is 7.02. The van der Waals surface area contributed by atoms with Gasteiger partial charge >= 0.3 is 11.6 Å². The Hall–Kier alpha value is -2.94. The third-order valence-corrected chi connectivity index (χ3v) is 3.79. The van der Waals surface area contributed by atoms with Crippen molar-refractivity contribution in [3.8, 4) is 11.1 Å². The second-order valence-corrected chi connectivity index (χ2v) is 5.38. The minimum Gasteiger partial charge on any atom is -0.331 e. The van der Waals surface area contributed by atoms with E-state index in [1.807, 2.05) is 0 Å². The minimum atomic E-state index is -1.31. The van der Waals surface area contributed by atoms with Crippen LogP contribution in [0.1, 0.15) is 0 Å². The summed E-state index contributed by atoms with van der Waals surface area (Å²) in [6.07, 6.45) is 6.21. The van der Waals surface area contributed by atoms with Crippen molar-refractivity contribution in [3.05, 3.63) is 53.2 Å². The van der Waals surface area contributed by atoms with Gasteiger partial charge in [0, 0.05) is 11.6 Å². The first kappa shape index (κ1) is 15.6. The zero-order chi connectivity index (χ0) is 17.6. The number of aromatic nitrogens is 4. The molecule has 0 spiro atoms. The van der Waals surface area contributed by atoms with Gasteiger partial charge in [-0.25, -0.2) is 13.2 Å². The number of fused-ring (bicyclic) bond motifs is 1. The van der Waals surface area contributed by atoms with E-state index >= 15 is 0 Å². The fourth-order valence-electron chi connectivity index (χ4n) is 2.44. The van der Waals surface area contributed by atoms with Gasteiger partial charge in [-0.2, -0.15) is 9.97 Å². The zero-order valence-corrected chi connectivity index (χ0v) is 13.1. The lowest BCUT2D eigenvalue weighted by molar-refractivity contribution is -0.726. The molecule has 0 aliphatic carbocycles. The van der Waals surface area contributed by atoms with Gasteiger partial charge in [0.25, 0.3) is 0 Å². The Morgan fingerprint density at radius 2 is 1.96 bits per heavy atom. The van der Waals surface area contributed by atoms with Crippen molar-refractivity contribution in [1.29, 1.82) is 0 Å². The number of hydrogen-bond acceptors (Lipinski definition) is 4. The van der Waals surface area contributed by atoms with Crippen LogP contribution in [-0.4, -0.2) is 37.1 Å². The summed E-state index contributed by atoms with van der Waals surface area (Å²) in [5.41, 5.74) is -0.294. The second kappa shape index (κ2) is 5.85. The van der Waals surface area contributed by atoms with E-state index in [0.717, 1.165) is 0 Å². The lowest BCUT2D eigenvalue weighted by Gasteiger charge is -2.12. The van der Waals surface area contributed by atoms with Gasteiger partial charge in [-0.05, 0) is 23.0 Å². The van der Waals surface area contributed by atoms with E-state index in [1.165, 1.54) is 21.8 Å². The minimum absolute atomic E-state index is 0.0115. The van der Waals surface area contributed by atoms with Crippen molar-refractivity contribution in [1.82, 2.24) is 19.6 Å². The summed E-state index contributed by atoms with van der Waals surface area (Å²) in [6, 6.07) is 1.15. The Kier molecular flexibility index (Phi) is 3.65. The van der Waals surface area contributed by atoms with E-state index in [9.17, 15) is 13.2 Å². The smallest absolute Gasteiger partial charge is 0.331 e. The van der Waals surface area contributed by atoms with Crippen molar-refractivity contribution in [3.63, 3.8) is 0 Å². The van der Waals surface area contributed by atoms with Crippen LogP contribution in [-0.2, 0) is 4.84 Å². The molecule has 0 bridgehead atoms. The van der Waals surface area contributed by atoms with E-state index in [2.05, 4.69) is 15.1 Å². The van der Waals surface area contributed by atoms with Crippen LogP contribution in [0.4, 0.5) is 19.0 Å². The van der Waals surface area contributed by atoms with Gasteiger partial charge in [0.05, 0.1) is 0 Å². The molecule has 0 unspecified atom stereocenters. The van der Waals surface area contributed by atoms with Crippen molar-refractivity contribution < 1.29 is 22.7 Å². The topological polar surface area (TPSA) is 55.3 Å². The fraction of sp³-hybridized carbons (Fsp3) is 0.0667. The second-order valence-electron chi connectivity index (χ2n) is 5.02. The Morgan fingerprint density at radius 3 is 2.72 bits per heavy atom. The molecule has 0 fully saturated rings. The van der Waals surface area contributed by atoms with Gasteiger partial charge in [0.15, 0.2) is 29.7 Å². The quantitative estimate of drug-likeness (QED) is 0.397. The highest BCUT2D eigenvalue weighted by atomic mass is 35.5. The van der Waals surface area contributed by atoms with Crippen LogP contribution in [0.3, 0.4) is 0 Å². The molecule has 2 aromatic heterocycles. The average molecular weight is 367 g/mol. The molecule has 3 aromatic rings. The molecule has 0 amide bonds. The maximum Gasteiger partial charge on any atom is 0.360 e. The molecule has 0 N–H and O–H groups in total. The molecule has 0 saturated heterocycles. The monoisotopic (exact) mass is 366 g/mol. The molecule has 4 rings (SSSR count). The molecule has 1 aromatic carbocycles. The molecule has 0 radical (unpaired) electrons. The molecule has 0 atom stereocenters. The van der Waals surface area contributed by atoms with Crippen LogP contribution in [0, 0.1) is 17.5 Å². The maximum atomic E-state index is 14.3. The molecule has 10 heteroatoms. The summed E-state index contributed by atoms with van der Waals surface area (Å²) in [5.74, 6) is -3.24. The Balaban J connectivity index is 2.10. The normalized spacial score (nSPS) is 13.8. The van der Waals surface area contributed by atoms with Crippen LogP contribution in [0.2, 0.25) is 5.15 Å². The highest BCUT2D eigenvalue weighted by Gasteiger charge is 2.31. The Bertz CT molecular complexity index is 1060. The standard InChI is InChI=1S/C15H8ClF3N5O/c16-13-12(8-5-10(18)11(19)6-9(8)17)14(23-3-1-2-4-25-23)24-15(22-13)20-7-21-24/h1-3,5-7H,4H2/q+1. The van der Waals surface area contributed by atoms with Crippen LogP contribution in [0.25, 0.3) is 16.9 Å². The van der Waals surface area contributed by atoms with E-state index in [-0.39, 0.29) is 34.5 Å². The van der Waals surface area contributed by atoms with Gasteiger partial charge in [-0.3, -0.25) is 0 Å². The highest BCUT2D eigenvalue weighted by molar-refractivity contribution is 6.32. The Morgan fingerprint density at radius 1 is 1.16 bits per heavy atom. The summed E-state index contributed by atoms with van der Waals surface area (Å²) in [7, 11) is 0. The molecular formula is C15H8ClF3N5O+. The number of allylic oxidation sites excluding steroid dienone is 1. The summed E-state index contributed by atoms with van der Waals surface area (Å²) >= 11 is 6.19. The van der Waals surface area contributed by atoms with E-state index < -0.39 is 17.5 Å². The molecule has 1 aliphatic heterocycles. The maximum absolute atomic E-state index is 14.3. The predicted molar refractivity (Wildman–Crippen MR) is 82.2 cm³/mol. The van der Waals surface area contributed by atoms with Crippen LogP contribution >= 0.6 is 11.6 Å². The molecule has 126 valence electrons. The summed E-state index contributed by atoms with van der Waals surface area (Å²) in [5, 5.41) is 3.86. The van der Waals surface area contributed by atoms with Gasteiger partial charge in [0.2, 0.25) is 0 Å². The molecule has 3 heterocycles. The third-order valence-electron chi connectivity index (χ3n) is 3.51. The molecule has 6 nitrogen and oxygen atoms in total. The first-order valence-corrected chi connectivity index (χ1v) is 7.40. The number of benzene rings is 1. The van der Waals surface area contributed by atoms with Crippen molar-refractivity contribution >= 4 is 29.4 Å². The third kappa shape index (κ3) is 2.52. The first-order chi connectivity index (χ1) is 12.1. The van der Waals surface area contributed by atoms with Gasteiger partial charge < -0.3 is 4.84 Å². The summed E-state index contributed by atoms with van der Waals surface area (Å²) < 4.78 is 43.9. The largest absolute Gasteiger partial charge is 0.360 e. The summed E-state index contributed by atoms with van der Waals surface area (Å²) in [6.45, 7) is 0.242. The van der Waals surface area contributed by atoms with E-state index in [1.54, 1.807) is 12.2 Å². The molecule has 1 aliphatic rings. The fourth-order valence-corrected chi connectivity index (χ4v) is 2.71. The van der Waals surface area contributed by atoms with E-state index in [4.69, 9.17) is 16.4 Å². The number of nitrogens with zero attached hydrogens (tertiary/aromatic N) is 5. The van der Waals surface area contributed by atoms with Gasteiger partial charge in [-0.1, -0.05) is 21.2 Å².